The van der Waals surface area contributed by atoms with E-state index in [1.165, 1.54) is 0 Å². The number of aliphatic hydroxyl groups excluding tert-OH is 1. The molecule has 0 bridgehead atoms. The van der Waals surface area contributed by atoms with E-state index in [9.17, 15) is 18.3 Å². The molecular formula is C20H29ClN4O4S. The summed E-state index contributed by atoms with van der Waals surface area (Å²) in [7, 11) is -3.11. The van der Waals surface area contributed by atoms with Gasteiger partial charge in [-0.2, -0.15) is 5.10 Å². The zero-order valence-corrected chi connectivity index (χ0v) is 19.1. The van der Waals surface area contributed by atoms with E-state index >= 15 is 0 Å². The predicted octanol–water partition coefficient (Wildman–Crippen LogP) is 2.74. The van der Waals surface area contributed by atoms with Gasteiger partial charge in [0.1, 0.15) is 9.84 Å². The summed E-state index contributed by atoms with van der Waals surface area (Å²) in [6.07, 6.45) is 3.58. The first-order valence-corrected chi connectivity index (χ1v) is 12.4. The molecule has 0 spiro atoms. The minimum Gasteiger partial charge on any atom is -0.388 e. The minimum absolute atomic E-state index is 0.0733. The minimum atomic E-state index is -3.11. The molecule has 30 heavy (non-hydrogen) atoms. The molecule has 1 aromatic heterocycles. The smallest absolute Gasteiger partial charge is 0.317 e. The van der Waals surface area contributed by atoms with Crippen molar-refractivity contribution in [3.8, 4) is 0 Å². The summed E-state index contributed by atoms with van der Waals surface area (Å²) in [5.74, 6) is 0.125. The third kappa shape index (κ3) is 5.07. The monoisotopic (exact) mass is 456 g/mol. The molecule has 0 aliphatic carbocycles. The fourth-order valence-corrected chi connectivity index (χ4v) is 4.88. The molecule has 1 unspecified atom stereocenters. The summed E-state index contributed by atoms with van der Waals surface area (Å²) < 4.78 is 22.4. The van der Waals surface area contributed by atoms with Crippen LogP contribution in [0.5, 0.6) is 0 Å². The largest absolute Gasteiger partial charge is 0.388 e. The number of halogens is 1. The Balaban J connectivity index is 1.64. The quantitative estimate of drug-likeness (QED) is 0.618. The first-order chi connectivity index (χ1) is 14.0. The number of carbonyl (C=O) groups excluding carboxylic acids is 1. The zero-order valence-electron chi connectivity index (χ0n) is 17.5. The number of fused-ring (bicyclic) bond motifs is 1. The molecule has 0 saturated carbocycles. The van der Waals surface area contributed by atoms with Gasteiger partial charge in [0.25, 0.3) is 0 Å². The van der Waals surface area contributed by atoms with Crippen LogP contribution >= 0.6 is 11.6 Å². The molecule has 1 fully saturated rings. The number of hydrogen-bond donors (Lipinski definition) is 3. The molecule has 1 aliphatic rings. The molecule has 2 aromatic rings. The number of urea groups is 1. The number of aliphatic hydroxyl groups is 1. The number of rotatable bonds is 6. The summed E-state index contributed by atoms with van der Waals surface area (Å²) in [5, 5.41) is 22.3. The van der Waals surface area contributed by atoms with Gasteiger partial charge < -0.3 is 15.3 Å². The van der Waals surface area contributed by atoms with E-state index in [1.54, 1.807) is 17.2 Å². The molecule has 3 rings (SSSR count). The lowest BCUT2D eigenvalue weighted by atomic mass is 9.68. The highest BCUT2D eigenvalue weighted by molar-refractivity contribution is 7.90. The Morgan fingerprint density at radius 1 is 1.40 bits per heavy atom. The summed E-state index contributed by atoms with van der Waals surface area (Å²) in [6, 6.07) is 3.34. The van der Waals surface area contributed by atoms with Gasteiger partial charge in [0, 0.05) is 41.9 Å². The number of benzene rings is 1. The molecule has 0 radical (unpaired) electrons. The van der Waals surface area contributed by atoms with Crippen LogP contribution in [-0.4, -0.2) is 66.3 Å². The molecule has 1 aliphatic heterocycles. The Morgan fingerprint density at radius 2 is 2.07 bits per heavy atom. The summed E-state index contributed by atoms with van der Waals surface area (Å²) >= 11 is 6.24. The van der Waals surface area contributed by atoms with Crippen molar-refractivity contribution in [3.63, 3.8) is 0 Å². The van der Waals surface area contributed by atoms with Crippen LogP contribution in [0.15, 0.2) is 18.3 Å². The van der Waals surface area contributed by atoms with Crippen LogP contribution < -0.4 is 5.32 Å². The Morgan fingerprint density at radius 3 is 2.70 bits per heavy atom. The number of piperidine rings is 1. The van der Waals surface area contributed by atoms with Gasteiger partial charge in [-0.05, 0) is 36.3 Å². The van der Waals surface area contributed by atoms with Crippen molar-refractivity contribution in [2.75, 3.05) is 31.6 Å². The second kappa shape index (κ2) is 8.72. The average Bonchev–Trinajstić information content (AvgIpc) is 3.14. The SMILES string of the molecule is CC(C)(C1CCN(C(=O)NCCS(C)(=O)=O)CC1)C(O)c1cc(Cl)cc2cn[nH]c12. The van der Waals surface area contributed by atoms with Gasteiger partial charge in [-0.25, -0.2) is 13.2 Å². The van der Waals surface area contributed by atoms with E-state index < -0.39 is 21.4 Å². The molecule has 2 amide bonds. The summed E-state index contributed by atoms with van der Waals surface area (Å²) in [6.45, 7) is 5.29. The molecular weight excluding hydrogens is 428 g/mol. The van der Waals surface area contributed by atoms with Crippen molar-refractivity contribution in [3.05, 3.63) is 28.9 Å². The first kappa shape index (κ1) is 22.8. The number of H-pyrrole nitrogens is 1. The fourth-order valence-electron chi connectivity index (χ4n) is 4.17. The molecule has 2 heterocycles. The van der Waals surface area contributed by atoms with Gasteiger partial charge in [0.05, 0.1) is 23.6 Å². The normalized spacial score (nSPS) is 17.3. The second-order valence-electron chi connectivity index (χ2n) is 8.68. The van der Waals surface area contributed by atoms with Gasteiger partial charge in [-0.3, -0.25) is 5.10 Å². The number of aromatic nitrogens is 2. The third-order valence-electron chi connectivity index (χ3n) is 6.13. The maximum absolute atomic E-state index is 12.3. The van der Waals surface area contributed by atoms with Crippen molar-refractivity contribution < 1.29 is 18.3 Å². The highest BCUT2D eigenvalue weighted by Crippen LogP contribution is 2.46. The Labute approximate surface area is 181 Å². The molecule has 166 valence electrons. The number of amides is 2. The van der Waals surface area contributed by atoms with Crippen molar-refractivity contribution in [1.29, 1.82) is 0 Å². The number of sulfone groups is 1. The molecule has 1 aromatic carbocycles. The number of aromatic amines is 1. The molecule has 10 heteroatoms. The van der Waals surface area contributed by atoms with E-state index in [4.69, 9.17) is 11.6 Å². The maximum Gasteiger partial charge on any atom is 0.317 e. The van der Waals surface area contributed by atoms with Crippen LogP contribution in [0.4, 0.5) is 4.79 Å². The van der Waals surface area contributed by atoms with Crippen molar-refractivity contribution >= 4 is 38.4 Å². The maximum atomic E-state index is 12.3. The highest BCUT2D eigenvalue weighted by Gasteiger charge is 2.40. The van der Waals surface area contributed by atoms with Crippen LogP contribution in [0.1, 0.15) is 38.4 Å². The number of likely N-dealkylation sites (tertiary alicyclic amines) is 1. The van der Waals surface area contributed by atoms with Gasteiger partial charge in [-0.15, -0.1) is 0 Å². The average molecular weight is 457 g/mol. The number of carbonyl (C=O) groups is 1. The zero-order chi connectivity index (χ0) is 22.1. The standard InChI is InChI=1S/C20H29ClN4O4S/c1-20(2,18(26)16-11-15(21)10-13-12-23-24-17(13)16)14-4-7-25(8-5-14)19(27)22-6-9-30(3,28)29/h10-12,14,18,26H,4-9H2,1-3H3,(H,22,27)(H,23,24). The summed E-state index contributed by atoms with van der Waals surface area (Å²) in [5.41, 5.74) is 1.06. The van der Waals surface area contributed by atoms with Gasteiger partial charge >= 0.3 is 6.03 Å². The van der Waals surface area contributed by atoms with Crippen LogP contribution in [0.2, 0.25) is 5.02 Å². The molecule has 8 nitrogen and oxygen atoms in total. The van der Waals surface area contributed by atoms with E-state index in [0.717, 1.165) is 35.6 Å². The van der Waals surface area contributed by atoms with Gasteiger partial charge in [0.15, 0.2) is 0 Å². The van der Waals surface area contributed by atoms with E-state index in [-0.39, 0.29) is 24.2 Å². The van der Waals surface area contributed by atoms with Crippen molar-refractivity contribution in [1.82, 2.24) is 20.4 Å². The third-order valence-corrected chi connectivity index (χ3v) is 7.29. The van der Waals surface area contributed by atoms with E-state index in [2.05, 4.69) is 15.5 Å². The Bertz CT molecular complexity index is 1010. The lowest BCUT2D eigenvalue weighted by Gasteiger charge is -2.43. The molecule has 1 saturated heterocycles. The predicted molar refractivity (Wildman–Crippen MR) is 117 cm³/mol. The van der Waals surface area contributed by atoms with Crippen molar-refractivity contribution in [2.24, 2.45) is 11.3 Å². The lowest BCUT2D eigenvalue weighted by molar-refractivity contribution is -0.0143. The topological polar surface area (TPSA) is 115 Å². The van der Waals surface area contributed by atoms with Crippen LogP contribution in [0, 0.1) is 11.3 Å². The van der Waals surface area contributed by atoms with Crippen LogP contribution in [-0.2, 0) is 9.84 Å². The molecule has 1 atom stereocenters. The first-order valence-electron chi connectivity index (χ1n) is 10.00. The van der Waals surface area contributed by atoms with Gasteiger partial charge in [-0.1, -0.05) is 25.4 Å². The van der Waals surface area contributed by atoms with Crippen LogP contribution in [0.25, 0.3) is 10.9 Å². The Kier molecular flexibility index (Phi) is 6.64. The fraction of sp³-hybridized carbons (Fsp3) is 0.600. The van der Waals surface area contributed by atoms with Gasteiger partial charge in [0.2, 0.25) is 0 Å². The lowest BCUT2D eigenvalue weighted by Crippen LogP contribution is -2.48. The number of hydrogen-bond acceptors (Lipinski definition) is 5. The number of nitrogens with one attached hydrogen (secondary N) is 2. The second-order valence-corrected chi connectivity index (χ2v) is 11.4. The summed E-state index contributed by atoms with van der Waals surface area (Å²) in [4.78, 5) is 14.0. The van der Waals surface area contributed by atoms with E-state index in [0.29, 0.717) is 18.1 Å². The Hall–Kier alpha value is -1.84. The van der Waals surface area contributed by atoms with E-state index in [1.807, 2.05) is 19.9 Å². The van der Waals surface area contributed by atoms with Crippen LogP contribution in [0.3, 0.4) is 0 Å². The van der Waals surface area contributed by atoms with Crippen molar-refractivity contribution in [2.45, 2.75) is 32.8 Å². The highest BCUT2D eigenvalue weighted by atomic mass is 35.5. The molecule has 3 N–H and O–H groups in total. The number of nitrogens with zero attached hydrogens (tertiary/aromatic N) is 2.